The average molecular weight is 266 g/mol. The number of anilines is 1. The molecule has 0 aliphatic rings. The zero-order valence-electron chi connectivity index (χ0n) is 10.3. The summed E-state index contributed by atoms with van der Waals surface area (Å²) >= 11 is 1.75. The van der Waals surface area contributed by atoms with Gasteiger partial charge >= 0.3 is 0 Å². The molecule has 0 aliphatic heterocycles. The van der Waals surface area contributed by atoms with E-state index in [-0.39, 0.29) is 6.61 Å². The molecular weight excluding hydrogens is 248 g/mol. The van der Waals surface area contributed by atoms with Crippen LogP contribution in [0, 0.1) is 0 Å². The van der Waals surface area contributed by atoms with E-state index < -0.39 is 6.10 Å². The Morgan fingerprint density at radius 3 is 2.89 bits per heavy atom. The lowest BCUT2D eigenvalue weighted by atomic mass is 10.2. The van der Waals surface area contributed by atoms with Gasteiger partial charge in [0.25, 0.3) is 0 Å². The Hall–Kier alpha value is -1.17. The molecule has 0 fully saturated rings. The molecule has 0 radical (unpaired) electrons. The van der Waals surface area contributed by atoms with E-state index in [1.165, 1.54) is 0 Å². The summed E-state index contributed by atoms with van der Waals surface area (Å²) in [7, 11) is 0. The van der Waals surface area contributed by atoms with Crippen molar-refractivity contribution in [3.05, 3.63) is 24.4 Å². The first-order chi connectivity index (χ1) is 8.65. The van der Waals surface area contributed by atoms with Gasteiger partial charge in [-0.25, -0.2) is 0 Å². The van der Waals surface area contributed by atoms with Crippen molar-refractivity contribution in [3.8, 4) is 0 Å². The lowest BCUT2D eigenvalue weighted by molar-refractivity contribution is 0.0822. The number of nitrogen functional groups attached to an aromatic ring is 1. The van der Waals surface area contributed by atoms with E-state index in [1.807, 2.05) is 29.0 Å². The largest absolute Gasteiger partial charge is 0.399 e. The van der Waals surface area contributed by atoms with Crippen LogP contribution in [0.2, 0.25) is 0 Å². The van der Waals surface area contributed by atoms with Crippen molar-refractivity contribution in [3.63, 3.8) is 0 Å². The molecule has 1 aromatic carbocycles. The fourth-order valence-electron chi connectivity index (χ4n) is 2.00. The third-order valence-electron chi connectivity index (χ3n) is 2.79. The number of aromatic nitrogens is 1. The number of aliphatic hydroxyl groups is 2. The highest BCUT2D eigenvalue weighted by atomic mass is 32.2. The molecule has 1 aromatic heterocycles. The van der Waals surface area contributed by atoms with Crippen LogP contribution in [0.15, 0.2) is 29.3 Å². The van der Waals surface area contributed by atoms with Crippen molar-refractivity contribution in [1.82, 2.24) is 4.57 Å². The van der Waals surface area contributed by atoms with E-state index in [4.69, 9.17) is 10.8 Å². The topological polar surface area (TPSA) is 71.4 Å². The minimum atomic E-state index is -0.746. The Balaban J connectivity index is 2.45. The Bertz CT molecular complexity index is 539. The van der Waals surface area contributed by atoms with Crippen LogP contribution < -0.4 is 5.73 Å². The van der Waals surface area contributed by atoms with Gasteiger partial charge in [0.2, 0.25) is 0 Å². The predicted molar refractivity (Wildman–Crippen MR) is 75.8 cm³/mol. The SMILES string of the molecule is CCSc1cc(N)cc2c1ccn2CC(O)CO. The number of benzene rings is 1. The minimum Gasteiger partial charge on any atom is -0.399 e. The molecule has 98 valence electrons. The van der Waals surface area contributed by atoms with Gasteiger partial charge in [-0.2, -0.15) is 0 Å². The van der Waals surface area contributed by atoms with E-state index in [9.17, 15) is 5.11 Å². The zero-order valence-corrected chi connectivity index (χ0v) is 11.2. The summed E-state index contributed by atoms with van der Waals surface area (Å²) in [6.07, 6.45) is 1.17. The van der Waals surface area contributed by atoms with Crippen LogP contribution in [0.5, 0.6) is 0 Å². The first kappa shape index (κ1) is 13.3. The van der Waals surface area contributed by atoms with E-state index in [2.05, 4.69) is 6.92 Å². The van der Waals surface area contributed by atoms with Crippen molar-refractivity contribution >= 4 is 28.4 Å². The number of aliphatic hydroxyl groups excluding tert-OH is 2. The van der Waals surface area contributed by atoms with Crippen LogP contribution >= 0.6 is 11.8 Å². The number of nitrogens with two attached hydrogens (primary N) is 1. The van der Waals surface area contributed by atoms with Crippen LogP contribution in [0.3, 0.4) is 0 Å². The zero-order chi connectivity index (χ0) is 13.1. The smallest absolute Gasteiger partial charge is 0.0949 e. The summed E-state index contributed by atoms with van der Waals surface area (Å²) in [6, 6.07) is 5.90. The molecule has 1 heterocycles. The average Bonchev–Trinajstić information content (AvgIpc) is 2.73. The highest BCUT2D eigenvalue weighted by Gasteiger charge is 2.10. The van der Waals surface area contributed by atoms with Gasteiger partial charge in [-0.1, -0.05) is 6.92 Å². The van der Waals surface area contributed by atoms with Crippen molar-refractivity contribution in [2.75, 3.05) is 18.1 Å². The van der Waals surface area contributed by atoms with E-state index in [0.29, 0.717) is 6.54 Å². The summed E-state index contributed by atoms with van der Waals surface area (Å²) in [5.41, 5.74) is 7.63. The second-order valence-electron chi connectivity index (χ2n) is 4.19. The van der Waals surface area contributed by atoms with Gasteiger partial charge < -0.3 is 20.5 Å². The van der Waals surface area contributed by atoms with Gasteiger partial charge in [0, 0.05) is 22.2 Å². The van der Waals surface area contributed by atoms with Crippen molar-refractivity contribution in [1.29, 1.82) is 0 Å². The van der Waals surface area contributed by atoms with Gasteiger partial charge in [0.1, 0.15) is 0 Å². The van der Waals surface area contributed by atoms with Crippen molar-refractivity contribution in [2.24, 2.45) is 0 Å². The van der Waals surface area contributed by atoms with E-state index in [0.717, 1.165) is 27.2 Å². The summed E-state index contributed by atoms with van der Waals surface area (Å²) in [4.78, 5) is 1.16. The number of hydrogen-bond donors (Lipinski definition) is 3. The molecule has 4 nitrogen and oxygen atoms in total. The number of rotatable bonds is 5. The van der Waals surface area contributed by atoms with Crippen LogP contribution in [0.4, 0.5) is 5.69 Å². The van der Waals surface area contributed by atoms with Gasteiger partial charge in [-0.05, 0) is 24.0 Å². The van der Waals surface area contributed by atoms with Crippen LogP contribution in [-0.2, 0) is 6.54 Å². The Morgan fingerprint density at radius 1 is 1.44 bits per heavy atom. The quantitative estimate of drug-likeness (QED) is 0.569. The van der Waals surface area contributed by atoms with Crippen molar-refractivity contribution < 1.29 is 10.2 Å². The molecule has 2 aromatic rings. The van der Waals surface area contributed by atoms with Crippen molar-refractivity contribution in [2.45, 2.75) is 24.5 Å². The lowest BCUT2D eigenvalue weighted by Crippen LogP contribution is -2.19. The minimum absolute atomic E-state index is 0.238. The van der Waals surface area contributed by atoms with Gasteiger partial charge in [-0.15, -0.1) is 11.8 Å². The molecule has 0 aliphatic carbocycles. The molecule has 4 N–H and O–H groups in total. The molecule has 18 heavy (non-hydrogen) atoms. The summed E-state index contributed by atoms with van der Waals surface area (Å²) in [5, 5.41) is 19.6. The van der Waals surface area contributed by atoms with Crippen LogP contribution in [-0.4, -0.2) is 33.2 Å². The molecule has 5 heteroatoms. The Kier molecular flexibility index (Phi) is 4.16. The van der Waals surface area contributed by atoms with Crippen LogP contribution in [0.25, 0.3) is 10.9 Å². The number of fused-ring (bicyclic) bond motifs is 1. The Morgan fingerprint density at radius 2 is 2.22 bits per heavy atom. The van der Waals surface area contributed by atoms with Gasteiger partial charge in [-0.3, -0.25) is 0 Å². The summed E-state index contributed by atoms with van der Waals surface area (Å²) in [5.74, 6) is 0.989. The van der Waals surface area contributed by atoms with Crippen LogP contribution in [0.1, 0.15) is 6.92 Å². The fraction of sp³-hybridized carbons (Fsp3) is 0.385. The maximum atomic E-state index is 9.52. The highest BCUT2D eigenvalue weighted by molar-refractivity contribution is 7.99. The van der Waals surface area contributed by atoms with Gasteiger partial charge in [0.15, 0.2) is 0 Å². The lowest BCUT2D eigenvalue weighted by Gasteiger charge is -2.11. The molecule has 0 saturated carbocycles. The molecule has 2 rings (SSSR count). The third kappa shape index (κ3) is 2.63. The Labute approximate surface area is 110 Å². The maximum Gasteiger partial charge on any atom is 0.0949 e. The maximum absolute atomic E-state index is 9.52. The molecule has 1 unspecified atom stereocenters. The second-order valence-corrected chi connectivity index (χ2v) is 5.50. The fourth-order valence-corrected chi connectivity index (χ4v) is 2.86. The second kappa shape index (κ2) is 5.65. The number of thioether (sulfide) groups is 1. The van der Waals surface area contributed by atoms with E-state index >= 15 is 0 Å². The number of nitrogens with zero attached hydrogens (tertiary/aromatic N) is 1. The molecule has 0 bridgehead atoms. The predicted octanol–water partition coefficient (Wildman–Crippen LogP) is 1.69. The normalized spacial score (nSPS) is 13.1. The standard InChI is InChI=1S/C13H18N2O2S/c1-2-18-13-6-9(14)5-12-11(13)3-4-15(12)7-10(17)8-16/h3-6,10,16-17H,2,7-8,14H2,1H3. The highest BCUT2D eigenvalue weighted by Crippen LogP contribution is 2.31. The summed E-state index contributed by atoms with van der Waals surface area (Å²) < 4.78 is 1.92. The van der Waals surface area contributed by atoms with Gasteiger partial charge in [0.05, 0.1) is 24.8 Å². The molecule has 0 saturated heterocycles. The van der Waals surface area contributed by atoms with E-state index in [1.54, 1.807) is 11.8 Å². The third-order valence-corrected chi connectivity index (χ3v) is 3.73. The molecule has 0 amide bonds. The molecular formula is C13H18N2O2S. The first-order valence-corrected chi connectivity index (χ1v) is 6.94. The number of hydrogen-bond acceptors (Lipinski definition) is 4. The summed E-state index contributed by atoms with van der Waals surface area (Å²) in [6.45, 7) is 2.24. The molecule has 0 spiro atoms. The first-order valence-electron chi connectivity index (χ1n) is 5.95. The molecule has 1 atom stereocenters. The monoisotopic (exact) mass is 266 g/mol.